The summed E-state index contributed by atoms with van der Waals surface area (Å²) in [7, 11) is 0. The van der Waals surface area contributed by atoms with Crippen LogP contribution in [-0.2, 0) is 39.8 Å². The van der Waals surface area contributed by atoms with Crippen LogP contribution in [0.5, 0.6) is 0 Å². The second kappa shape index (κ2) is 9.38. The van der Waals surface area contributed by atoms with Crippen molar-refractivity contribution >= 4 is 33.7 Å². The normalized spacial score (nSPS) is 26.1. The van der Waals surface area contributed by atoms with Gasteiger partial charge >= 0.3 is 11.9 Å². The first kappa shape index (κ1) is 23.9. The number of ketones is 1. The van der Waals surface area contributed by atoms with E-state index in [4.69, 9.17) is 18.9 Å². The van der Waals surface area contributed by atoms with Gasteiger partial charge in [-0.1, -0.05) is 47.8 Å². The standard InChI is InChI=1S/C23H29BrO7/c1-5-6-11-23(14(2)25,12-15-7-9-16(24)10-8-15)21(27)28-13-17-18-19(20(26)29-17)31-22(3,4)30-18/h7-10,17-19H,5-6,11-13H2,1-4H3/t17-,18-,19-,23-/m1/s1. The van der Waals surface area contributed by atoms with Gasteiger partial charge in [0, 0.05) is 4.47 Å². The van der Waals surface area contributed by atoms with Crippen molar-refractivity contribution in [2.45, 2.75) is 77.5 Å². The Bertz CT molecular complexity index is 835. The van der Waals surface area contributed by atoms with E-state index in [-0.39, 0.29) is 18.8 Å². The van der Waals surface area contributed by atoms with Crippen LogP contribution in [0.1, 0.15) is 52.5 Å². The minimum absolute atomic E-state index is 0.188. The van der Waals surface area contributed by atoms with E-state index in [1.807, 2.05) is 31.2 Å². The third-order valence-corrected chi connectivity index (χ3v) is 6.34. The highest BCUT2D eigenvalue weighted by Crippen LogP contribution is 2.37. The number of hydrogen-bond donors (Lipinski definition) is 0. The van der Waals surface area contributed by atoms with Crippen LogP contribution in [0.15, 0.2) is 28.7 Å². The largest absolute Gasteiger partial charge is 0.461 e. The van der Waals surface area contributed by atoms with Crippen molar-refractivity contribution in [1.82, 2.24) is 0 Å². The third-order valence-electron chi connectivity index (χ3n) is 5.81. The number of hydrogen-bond acceptors (Lipinski definition) is 7. The molecule has 2 aliphatic rings. The molecular formula is C23H29BrO7. The Morgan fingerprint density at radius 1 is 1.19 bits per heavy atom. The summed E-state index contributed by atoms with van der Waals surface area (Å²) >= 11 is 3.40. The second-order valence-corrected chi connectivity index (χ2v) is 9.56. The van der Waals surface area contributed by atoms with Gasteiger partial charge in [0.05, 0.1) is 0 Å². The molecule has 0 unspecified atom stereocenters. The highest BCUT2D eigenvalue weighted by atomic mass is 79.9. The van der Waals surface area contributed by atoms with E-state index in [1.54, 1.807) is 13.8 Å². The van der Waals surface area contributed by atoms with Gasteiger partial charge in [-0.15, -0.1) is 0 Å². The molecule has 2 saturated heterocycles. The Labute approximate surface area is 190 Å². The molecule has 8 heteroatoms. The van der Waals surface area contributed by atoms with Crippen LogP contribution in [0.4, 0.5) is 0 Å². The molecule has 2 aliphatic heterocycles. The van der Waals surface area contributed by atoms with Gasteiger partial charge in [0.15, 0.2) is 18.0 Å². The van der Waals surface area contributed by atoms with Crippen molar-refractivity contribution in [2.24, 2.45) is 5.41 Å². The Balaban J connectivity index is 1.75. The fourth-order valence-corrected chi connectivity index (χ4v) is 4.35. The zero-order valence-corrected chi connectivity index (χ0v) is 19.9. The van der Waals surface area contributed by atoms with E-state index in [9.17, 15) is 14.4 Å². The molecule has 2 heterocycles. The molecule has 170 valence electrons. The Kier molecular flexibility index (Phi) is 7.23. The first-order valence-electron chi connectivity index (χ1n) is 10.6. The van der Waals surface area contributed by atoms with Crippen LogP contribution in [0.3, 0.4) is 0 Å². The quantitative estimate of drug-likeness (QED) is 0.379. The molecule has 0 saturated carbocycles. The average molecular weight is 497 g/mol. The lowest BCUT2D eigenvalue weighted by molar-refractivity contribution is -0.192. The van der Waals surface area contributed by atoms with Crippen molar-refractivity contribution in [3.05, 3.63) is 34.3 Å². The molecule has 0 aromatic heterocycles. The molecule has 3 rings (SSSR count). The summed E-state index contributed by atoms with van der Waals surface area (Å²) in [5.41, 5.74) is -0.425. The average Bonchev–Trinajstić information content (AvgIpc) is 3.18. The number of unbranched alkanes of at least 4 members (excludes halogenated alkanes) is 1. The smallest absolute Gasteiger partial charge is 0.338 e. The molecule has 2 fully saturated rings. The highest BCUT2D eigenvalue weighted by Gasteiger charge is 2.56. The Morgan fingerprint density at radius 3 is 2.48 bits per heavy atom. The van der Waals surface area contributed by atoms with Gasteiger partial charge in [0.25, 0.3) is 0 Å². The molecule has 1 aromatic carbocycles. The van der Waals surface area contributed by atoms with E-state index >= 15 is 0 Å². The summed E-state index contributed by atoms with van der Waals surface area (Å²) in [6.07, 6.45) is -0.0732. The van der Waals surface area contributed by atoms with Gasteiger partial charge in [-0.3, -0.25) is 9.59 Å². The van der Waals surface area contributed by atoms with E-state index in [1.165, 1.54) is 6.92 Å². The van der Waals surface area contributed by atoms with E-state index in [0.717, 1.165) is 16.5 Å². The molecule has 7 nitrogen and oxygen atoms in total. The number of ether oxygens (including phenoxy) is 4. The van der Waals surface area contributed by atoms with Crippen molar-refractivity contribution in [1.29, 1.82) is 0 Å². The number of carbonyl (C=O) groups excluding carboxylic acids is 3. The molecule has 0 bridgehead atoms. The van der Waals surface area contributed by atoms with Gasteiger partial charge in [0.2, 0.25) is 0 Å². The topological polar surface area (TPSA) is 88.1 Å². The molecule has 31 heavy (non-hydrogen) atoms. The minimum atomic E-state index is -1.29. The number of Topliss-reactive ketones (excluding diaryl/α,β-unsaturated/α-hetero) is 1. The van der Waals surface area contributed by atoms with Crippen molar-refractivity contribution in [3.63, 3.8) is 0 Å². The van der Waals surface area contributed by atoms with Gasteiger partial charge in [-0.25, -0.2) is 4.79 Å². The SMILES string of the molecule is CCCC[C@@](Cc1ccc(Br)cc1)(C(C)=O)C(=O)OC[C@H]1OC(=O)[C@@H]2OC(C)(C)O[C@H]12. The maximum Gasteiger partial charge on any atom is 0.338 e. The number of esters is 2. The predicted octanol–water partition coefficient (Wildman–Crippen LogP) is 3.75. The first-order chi connectivity index (χ1) is 14.6. The molecule has 0 amide bonds. The van der Waals surface area contributed by atoms with Crippen LogP contribution in [0.2, 0.25) is 0 Å². The lowest BCUT2D eigenvalue weighted by Crippen LogP contribution is -2.43. The van der Waals surface area contributed by atoms with Crippen molar-refractivity contribution in [3.8, 4) is 0 Å². The molecular weight excluding hydrogens is 468 g/mol. The van der Waals surface area contributed by atoms with E-state index in [2.05, 4.69) is 15.9 Å². The van der Waals surface area contributed by atoms with E-state index in [0.29, 0.717) is 12.8 Å². The number of benzene rings is 1. The van der Waals surface area contributed by atoms with Gasteiger partial charge in [0.1, 0.15) is 23.9 Å². The zero-order valence-electron chi connectivity index (χ0n) is 18.3. The zero-order chi connectivity index (χ0) is 22.8. The summed E-state index contributed by atoms with van der Waals surface area (Å²) in [6, 6.07) is 7.53. The fourth-order valence-electron chi connectivity index (χ4n) is 4.09. The van der Waals surface area contributed by atoms with Crippen LogP contribution < -0.4 is 0 Å². The number of fused-ring (bicyclic) bond motifs is 1. The van der Waals surface area contributed by atoms with Crippen molar-refractivity contribution in [2.75, 3.05) is 6.61 Å². The fraction of sp³-hybridized carbons (Fsp3) is 0.609. The molecule has 0 N–H and O–H groups in total. The van der Waals surface area contributed by atoms with Gasteiger partial charge in [-0.2, -0.15) is 0 Å². The lowest BCUT2D eigenvalue weighted by Gasteiger charge is -2.30. The maximum absolute atomic E-state index is 13.3. The summed E-state index contributed by atoms with van der Waals surface area (Å²) in [5, 5.41) is 0. The van der Waals surface area contributed by atoms with E-state index < -0.39 is 41.5 Å². The summed E-state index contributed by atoms with van der Waals surface area (Å²) in [5.74, 6) is -2.29. The van der Waals surface area contributed by atoms with Gasteiger partial charge in [-0.05, 0) is 51.3 Å². The second-order valence-electron chi connectivity index (χ2n) is 8.64. The molecule has 0 aliphatic carbocycles. The lowest BCUT2D eigenvalue weighted by atomic mass is 9.74. The van der Waals surface area contributed by atoms with Crippen LogP contribution in [-0.4, -0.2) is 48.4 Å². The van der Waals surface area contributed by atoms with Crippen LogP contribution in [0.25, 0.3) is 0 Å². The maximum atomic E-state index is 13.3. The third kappa shape index (κ3) is 5.18. The summed E-state index contributed by atoms with van der Waals surface area (Å²) in [6.45, 7) is 6.68. The molecule has 1 aromatic rings. The number of halogens is 1. The highest BCUT2D eigenvalue weighted by molar-refractivity contribution is 9.10. The molecule has 4 atom stereocenters. The first-order valence-corrected chi connectivity index (χ1v) is 11.4. The summed E-state index contributed by atoms with van der Waals surface area (Å²) < 4.78 is 23.1. The molecule has 0 radical (unpaired) electrons. The van der Waals surface area contributed by atoms with Crippen molar-refractivity contribution < 1.29 is 33.3 Å². The number of rotatable bonds is 9. The predicted molar refractivity (Wildman–Crippen MR) is 115 cm³/mol. The van der Waals surface area contributed by atoms with Gasteiger partial charge < -0.3 is 18.9 Å². The number of carbonyl (C=O) groups is 3. The Morgan fingerprint density at radius 2 is 1.87 bits per heavy atom. The van der Waals surface area contributed by atoms with Crippen LogP contribution in [0, 0.1) is 5.41 Å². The summed E-state index contributed by atoms with van der Waals surface area (Å²) in [4.78, 5) is 38.1. The Hall–Kier alpha value is -1.77. The monoisotopic (exact) mass is 496 g/mol. The van der Waals surface area contributed by atoms with Crippen LogP contribution >= 0.6 is 15.9 Å². The number of cyclic esters (lactones) is 1. The minimum Gasteiger partial charge on any atom is -0.461 e. The molecule has 0 spiro atoms.